The van der Waals surface area contributed by atoms with Crippen LogP contribution in [0.5, 0.6) is 0 Å². The van der Waals surface area contributed by atoms with Gasteiger partial charge < -0.3 is 9.21 Å². The standard InChI is InChI=1S/C11H8F4N2O.CH2O/c1-2-6-3-4-7(5-8(6)12)9-16-17-10(18-9)11(13,14)15;1-2/h3-5H,2H2,1H3;1H2. The van der Waals surface area contributed by atoms with Crippen molar-refractivity contribution < 1.29 is 26.8 Å². The molecule has 1 heterocycles. The maximum Gasteiger partial charge on any atom is 0.470 e. The number of hydrogen-bond acceptors (Lipinski definition) is 4. The van der Waals surface area contributed by atoms with Crippen LogP contribution in [0.3, 0.4) is 0 Å². The Kier molecular flexibility index (Phi) is 4.95. The van der Waals surface area contributed by atoms with E-state index in [0.717, 1.165) is 6.07 Å². The Morgan fingerprint density at radius 1 is 1.25 bits per heavy atom. The molecule has 2 aromatic rings. The zero-order valence-electron chi connectivity index (χ0n) is 10.4. The first-order valence-electron chi connectivity index (χ1n) is 5.40. The molecule has 0 aliphatic carbocycles. The molecular formula is C12H10F4N2O2. The van der Waals surface area contributed by atoms with Crippen LogP contribution in [0, 0.1) is 5.82 Å². The van der Waals surface area contributed by atoms with Crippen molar-refractivity contribution in [3.63, 3.8) is 0 Å². The highest BCUT2D eigenvalue weighted by Gasteiger charge is 2.38. The maximum absolute atomic E-state index is 13.5. The summed E-state index contributed by atoms with van der Waals surface area (Å²) in [7, 11) is 0. The Morgan fingerprint density at radius 3 is 2.35 bits per heavy atom. The van der Waals surface area contributed by atoms with E-state index in [4.69, 9.17) is 4.79 Å². The third kappa shape index (κ3) is 3.40. The molecule has 2 rings (SSSR count). The summed E-state index contributed by atoms with van der Waals surface area (Å²) in [5.41, 5.74) is 0.585. The van der Waals surface area contributed by atoms with Gasteiger partial charge in [0.15, 0.2) is 0 Å². The van der Waals surface area contributed by atoms with Gasteiger partial charge in [0.05, 0.1) is 0 Å². The summed E-state index contributed by atoms with van der Waals surface area (Å²) in [5.74, 6) is -2.32. The third-order valence-corrected chi connectivity index (χ3v) is 2.35. The Balaban J connectivity index is 0.000000956. The number of carbonyl (C=O) groups excluding carboxylic acids is 1. The molecule has 0 amide bonds. The van der Waals surface area contributed by atoms with Gasteiger partial charge in [-0.1, -0.05) is 13.0 Å². The number of alkyl halides is 3. The van der Waals surface area contributed by atoms with Crippen LogP contribution in [0.25, 0.3) is 11.5 Å². The minimum absolute atomic E-state index is 0.118. The number of hydrogen-bond donors (Lipinski definition) is 0. The monoisotopic (exact) mass is 290 g/mol. The van der Waals surface area contributed by atoms with E-state index < -0.39 is 17.9 Å². The van der Waals surface area contributed by atoms with Crippen LogP contribution in [-0.2, 0) is 17.4 Å². The van der Waals surface area contributed by atoms with Gasteiger partial charge in [0.25, 0.3) is 0 Å². The van der Waals surface area contributed by atoms with E-state index in [1.165, 1.54) is 12.1 Å². The first kappa shape index (κ1) is 15.8. The summed E-state index contributed by atoms with van der Waals surface area (Å²) in [6.45, 7) is 3.77. The van der Waals surface area contributed by atoms with Crippen LogP contribution in [0.15, 0.2) is 22.6 Å². The van der Waals surface area contributed by atoms with Crippen molar-refractivity contribution in [1.29, 1.82) is 0 Å². The van der Waals surface area contributed by atoms with Crippen molar-refractivity contribution in [3.8, 4) is 11.5 Å². The second-order valence-electron chi connectivity index (χ2n) is 3.57. The zero-order chi connectivity index (χ0) is 15.3. The highest BCUT2D eigenvalue weighted by molar-refractivity contribution is 5.53. The molecule has 1 aromatic heterocycles. The number of nitrogens with zero attached hydrogens (tertiary/aromatic N) is 2. The maximum atomic E-state index is 13.5. The number of rotatable bonds is 2. The summed E-state index contributed by atoms with van der Waals surface area (Å²) in [6.07, 6.45) is -4.21. The average molecular weight is 290 g/mol. The van der Waals surface area contributed by atoms with Crippen molar-refractivity contribution in [2.75, 3.05) is 0 Å². The molecule has 0 atom stereocenters. The molecule has 0 bridgehead atoms. The van der Waals surface area contributed by atoms with Gasteiger partial charge in [0.1, 0.15) is 12.6 Å². The summed E-state index contributed by atoms with van der Waals surface area (Å²) >= 11 is 0. The molecule has 0 spiro atoms. The molecule has 20 heavy (non-hydrogen) atoms. The van der Waals surface area contributed by atoms with Crippen LogP contribution >= 0.6 is 0 Å². The molecule has 0 unspecified atom stereocenters. The van der Waals surface area contributed by atoms with Crippen LogP contribution in [0.2, 0.25) is 0 Å². The van der Waals surface area contributed by atoms with Gasteiger partial charge in [-0.15, -0.1) is 10.2 Å². The molecular weight excluding hydrogens is 280 g/mol. The summed E-state index contributed by atoms with van der Waals surface area (Å²) < 4.78 is 54.6. The third-order valence-electron chi connectivity index (χ3n) is 2.35. The first-order chi connectivity index (χ1) is 9.41. The predicted octanol–water partition coefficient (Wildman–Crippen LogP) is 3.27. The SMILES string of the molecule is C=O.CCc1ccc(-c2nnc(C(F)(F)F)o2)cc1F. The van der Waals surface area contributed by atoms with E-state index >= 15 is 0 Å². The fourth-order valence-electron chi connectivity index (χ4n) is 1.42. The first-order valence-corrected chi connectivity index (χ1v) is 5.40. The molecule has 1 aromatic carbocycles. The van der Waals surface area contributed by atoms with Crippen molar-refractivity contribution in [2.24, 2.45) is 0 Å². The van der Waals surface area contributed by atoms with Gasteiger partial charge in [-0.05, 0) is 24.1 Å². The second-order valence-corrected chi connectivity index (χ2v) is 3.57. The molecule has 0 saturated heterocycles. The summed E-state index contributed by atoms with van der Waals surface area (Å²) in [6, 6.07) is 3.99. The van der Waals surface area contributed by atoms with Crippen LogP contribution in [0.4, 0.5) is 17.6 Å². The predicted molar refractivity (Wildman–Crippen MR) is 61.2 cm³/mol. The number of aromatic nitrogens is 2. The summed E-state index contributed by atoms with van der Waals surface area (Å²) in [5, 5.41) is 6.12. The lowest BCUT2D eigenvalue weighted by Crippen LogP contribution is -2.04. The topological polar surface area (TPSA) is 56.0 Å². The number of halogens is 4. The highest BCUT2D eigenvalue weighted by Crippen LogP contribution is 2.30. The van der Waals surface area contributed by atoms with E-state index in [2.05, 4.69) is 14.6 Å². The van der Waals surface area contributed by atoms with Gasteiger partial charge in [-0.2, -0.15) is 13.2 Å². The van der Waals surface area contributed by atoms with Gasteiger partial charge >= 0.3 is 12.1 Å². The fraction of sp³-hybridized carbons (Fsp3) is 0.250. The zero-order valence-corrected chi connectivity index (χ0v) is 10.4. The van der Waals surface area contributed by atoms with E-state index in [1.54, 1.807) is 6.92 Å². The van der Waals surface area contributed by atoms with E-state index in [1.807, 2.05) is 6.79 Å². The minimum Gasteiger partial charge on any atom is -0.413 e. The Bertz CT molecular complexity index is 581. The molecule has 0 saturated carbocycles. The quantitative estimate of drug-likeness (QED) is 0.796. The minimum atomic E-state index is -4.70. The van der Waals surface area contributed by atoms with Gasteiger partial charge in [0.2, 0.25) is 5.89 Å². The van der Waals surface area contributed by atoms with E-state index in [-0.39, 0.29) is 11.5 Å². The fourth-order valence-corrected chi connectivity index (χ4v) is 1.42. The number of aryl methyl sites for hydroxylation is 1. The lowest BCUT2D eigenvalue weighted by atomic mass is 10.1. The lowest BCUT2D eigenvalue weighted by Gasteiger charge is -2.01. The molecule has 0 aliphatic rings. The van der Waals surface area contributed by atoms with E-state index in [9.17, 15) is 17.6 Å². The molecule has 0 fully saturated rings. The molecule has 108 valence electrons. The largest absolute Gasteiger partial charge is 0.470 e. The summed E-state index contributed by atoms with van der Waals surface area (Å²) in [4.78, 5) is 8.00. The molecule has 0 aliphatic heterocycles. The van der Waals surface area contributed by atoms with Crippen molar-refractivity contribution in [3.05, 3.63) is 35.5 Å². The second kappa shape index (κ2) is 6.27. The average Bonchev–Trinajstić information content (AvgIpc) is 2.90. The number of benzene rings is 1. The number of carbonyl (C=O) groups is 1. The van der Waals surface area contributed by atoms with Crippen molar-refractivity contribution in [1.82, 2.24) is 10.2 Å². The molecule has 4 nitrogen and oxygen atoms in total. The van der Waals surface area contributed by atoms with Gasteiger partial charge in [0, 0.05) is 5.56 Å². The van der Waals surface area contributed by atoms with Gasteiger partial charge in [-0.3, -0.25) is 0 Å². The normalized spacial score (nSPS) is 10.8. The molecule has 0 radical (unpaired) electrons. The van der Waals surface area contributed by atoms with Crippen molar-refractivity contribution in [2.45, 2.75) is 19.5 Å². The highest BCUT2D eigenvalue weighted by atomic mass is 19.4. The molecule has 8 heteroatoms. The van der Waals surface area contributed by atoms with Gasteiger partial charge in [-0.25, -0.2) is 4.39 Å². The Labute approximate surface area is 111 Å². The Hall–Kier alpha value is -2.25. The van der Waals surface area contributed by atoms with Crippen LogP contribution in [0.1, 0.15) is 18.4 Å². The lowest BCUT2D eigenvalue weighted by molar-refractivity contribution is -0.156. The van der Waals surface area contributed by atoms with Crippen LogP contribution < -0.4 is 0 Å². The molecule has 0 N–H and O–H groups in total. The van der Waals surface area contributed by atoms with Crippen molar-refractivity contribution >= 4 is 6.79 Å². The van der Waals surface area contributed by atoms with E-state index in [0.29, 0.717) is 12.0 Å². The smallest absolute Gasteiger partial charge is 0.413 e. The van der Waals surface area contributed by atoms with Crippen LogP contribution in [-0.4, -0.2) is 17.0 Å². The Morgan fingerprint density at radius 2 is 1.90 bits per heavy atom.